The third-order valence-corrected chi connectivity index (χ3v) is 5.05. The third kappa shape index (κ3) is 4.08. The topological polar surface area (TPSA) is 68.5 Å². The van der Waals surface area contributed by atoms with Gasteiger partial charge in [-0.3, -0.25) is 9.78 Å². The van der Waals surface area contributed by atoms with E-state index in [-0.39, 0.29) is 5.91 Å². The van der Waals surface area contributed by atoms with E-state index in [0.717, 1.165) is 11.3 Å². The summed E-state index contributed by atoms with van der Waals surface area (Å²) in [7, 11) is 0. The molecule has 7 heteroatoms. The maximum Gasteiger partial charge on any atom is 0.255 e. The van der Waals surface area contributed by atoms with Crippen LogP contribution in [-0.2, 0) is 11.2 Å². The van der Waals surface area contributed by atoms with Crippen LogP contribution in [-0.4, -0.2) is 40.5 Å². The number of morpholine rings is 1. The van der Waals surface area contributed by atoms with Gasteiger partial charge in [-0.05, 0) is 30.7 Å². The Balaban J connectivity index is 1.45. The Kier molecular flexibility index (Phi) is 5.41. The summed E-state index contributed by atoms with van der Waals surface area (Å²) in [5, 5.41) is 0.692. The highest BCUT2D eigenvalue weighted by Crippen LogP contribution is 2.25. The van der Waals surface area contributed by atoms with Gasteiger partial charge in [0.05, 0.1) is 24.9 Å². The van der Waals surface area contributed by atoms with Crippen molar-refractivity contribution in [2.75, 3.05) is 19.7 Å². The highest BCUT2D eigenvalue weighted by atomic mass is 35.5. The molecule has 1 aliphatic heterocycles. The SMILES string of the molecule is Cc1ccc(C(=O)N2CCO[C@@H](c3ncc(Cc4ccccc4Cl)o3)C2)cn1. The minimum atomic E-state index is -0.392. The average molecular weight is 398 g/mol. The highest BCUT2D eigenvalue weighted by Gasteiger charge is 2.29. The summed E-state index contributed by atoms with van der Waals surface area (Å²) in [4.78, 5) is 23.0. The molecule has 1 fully saturated rings. The van der Waals surface area contributed by atoms with E-state index in [0.29, 0.717) is 48.4 Å². The van der Waals surface area contributed by atoms with Crippen LogP contribution in [0.2, 0.25) is 5.02 Å². The lowest BCUT2D eigenvalue weighted by molar-refractivity contribution is -0.0349. The van der Waals surface area contributed by atoms with Crippen molar-refractivity contribution in [3.63, 3.8) is 0 Å². The molecular weight excluding hydrogens is 378 g/mol. The fraction of sp³-hybridized carbons (Fsp3) is 0.286. The molecule has 0 radical (unpaired) electrons. The van der Waals surface area contributed by atoms with E-state index >= 15 is 0 Å². The number of nitrogens with zero attached hydrogens (tertiary/aromatic N) is 3. The maximum absolute atomic E-state index is 12.7. The second-order valence-corrected chi connectivity index (χ2v) is 7.14. The van der Waals surface area contributed by atoms with Gasteiger partial charge in [-0.15, -0.1) is 0 Å². The Morgan fingerprint density at radius 3 is 2.86 bits per heavy atom. The molecule has 1 amide bonds. The summed E-state index contributed by atoms with van der Waals surface area (Å²) in [6.45, 7) is 3.23. The number of carbonyl (C=O) groups is 1. The molecule has 3 heterocycles. The van der Waals surface area contributed by atoms with Crippen molar-refractivity contribution < 1.29 is 13.9 Å². The first-order chi connectivity index (χ1) is 13.6. The number of hydrogen-bond donors (Lipinski definition) is 0. The van der Waals surface area contributed by atoms with Crippen molar-refractivity contribution in [3.05, 3.63) is 82.3 Å². The molecule has 1 aromatic carbocycles. The number of pyridine rings is 1. The number of benzene rings is 1. The molecule has 0 unspecified atom stereocenters. The van der Waals surface area contributed by atoms with Gasteiger partial charge >= 0.3 is 0 Å². The van der Waals surface area contributed by atoms with Gasteiger partial charge in [-0.25, -0.2) is 4.98 Å². The van der Waals surface area contributed by atoms with Crippen LogP contribution in [0.1, 0.15) is 39.4 Å². The monoisotopic (exact) mass is 397 g/mol. The van der Waals surface area contributed by atoms with Crippen LogP contribution in [0.15, 0.2) is 53.2 Å². The zero-order valence-electron chi connectivity index (χ0n) is 15.5. The highest BCUT2D eigenvalue weighted by molar-refractivity contribution is 6.31. The van der Waals surface area contributed by atoms with Gasteiger partial charge in [0, 0.05) is 29.9 Å². The third-order valence-electron chi connectivity index (χ3n) is 4.68. The first-order valence-corrected chi connectivity index (χ1v) is 9.49. The van der Waals surface area contributed by atoms with Crippen LogP contribution >= 0.6 is 11.6 Å². The minimum absolute atomic E-state index is 0.0661. The summed E-state index contributed by atoms with van der Waals surface area (Å²) in [6.07, 6.45) is 3.45. The van der Waals surface area contributed by atoms with Crippen molar-refractivity contribution >= 4 is 17.5 Å². The first kappa shape index (κ1) is 18.7. The van der Waals surface area contributed by atoms with Gasteiger partial charge in [0.25, 0.3) is 5.91 Å². The van der Waals surface area contributed by atoms with Crippen LogP contribution in [0, 0.1) is 6.92 Å². The fourth-order valence-electron chi connectivity index (χ4n) is 3.14. The molecule has 144 valence electrons. The van der Waals surface area contributed by atoms with E-state index in [2.05, 4.69) is 9.97 Å². The number of ether oxygens (including phenoxy) is 1. The van der Waals surface area contributed by atoms with E-state index in [1.165, 1.54) is 0 Å². The van der Waals surface area contributed by atoms with Crippen molar-refractivity contribution in [1.29, 1.82) is 0 Å². The molecule has 0 spiro atoms. The largest absolute Gasteiger partial charge is 0.442 e. The molecule has 0 aliphatic carbocycles. The lowest BCUT2D eigenvalue weighted by Gasteiger charge is -2.31. The molecule has 1 aliphatic rings. The number of hydrogen-bond acceptors (Lipinski definition) is 5. The zero-order chi connectivity index (χ0) is 19.5. The second kappa shape index (κ2) is 8.12. The predicted molar refractivity (Wildman–Crippen MR) is 104 cm³/mol. The summed E-state index contributed by atoms with van der Waals surface area (Å²) < 4.78 is 11.7. The molecule has 1 saturated heterocycles. The Hall–Kier alpha value is -2.70. The van der Waals surface area contributed by atoms with E-state index in [9.17, 15) is 4.79 Å². The number of halogens is 1. The zero-order valence-corrected chi connectivity index (χ0v) is 16.2. The minimum Gasteiger partial charge on any atom is -0.442 e. The van der Waals surface area contributed by atoms with E-state index < -0.39 is 6.10 Å². The molecule has 1 atom stereocenters. The molecule has 0 bridgehead atoms. The average Bonchev–Trinajstić information content (AvgIpc) is 3.19. The molecule has 0 saturated carbocycles. The van der Waals surface area contributed by atoms with Gasteiger partial charge in [0.15, 0.2) is 6.10 Å². The first-order valence-electron chi connectivity index (χ1n) is 9.11. The standard InChI is InChI=1S/C21H20ClN3O3/c1-14-6-7-16(11-23-14)21(26)25-8-9-27-19(13-25)20-24-12-17(28-20)10-15-4-2-3-5-18(15)22/h2-7,11-12,19H,8-10,13H2,1H3/t19-/m1/s1. The lowest BCUT2D eigenvalue weighted by atomic mass is 10.1. The number of aromatic nitrogens is 2. The van der Waals surface area contributed by atoms with Crippen molar-refractivity contribution in [2.45, 2.75) is 19.4 Å². The van der Waals surface area contributed by atoms with Crippen molar-refractivity contribution in [3.8, 4) is 0 Å². The van der Waals surface area contributed by atoms with Crippen LogP contribution in [0.25, 0.3) is 0 Å². The van der Waals surface area contributed by atoms with Crippen LogP contribution in [0.3, 0.4) is 0 Å². The quantitative estimate of drug-likeness (QED) is 0.669. The van der Waals surface area contributed by atoms with Crippen LogP contribution in [0.5, 0.6) is 0 Å². The van der Waals surface area contributed by atoms with Gasteiger partial charge in [-0.2, -0.15) is 0 Å². The normalized spacial score (nSPS) is 16.9. The van der Waals surface area contributed by atoms with Gasteiger partial charge in [0.1, 0.15) is 5.76 Å². The molecule has 0 N–H and O–H groups in total. The number of aryl methyl sites for hydroxylation is 1. The Bertz CT molecular complexity index is 971. The fourth-order valence-corrected chi connectivity index (χ4v) is 3.35. The molecule has 4 rings (SSSR count). The molecule has 6 nitrogen and oxygen atoms in total. The second-order valence-electron chi connectivity index (χ2n) is 6.73. The smallest absolute Gasteiger partial charge is 0.255 e. The Morgan fingerprint density at radius 1 is 1.21 bits per heavy atom. The number of amides is 1. The van der Waals surface area contributed by atoms with E-state index in [4.69, 9.17) is 20.8 Å². The van der Waals surface area contributed by atoms with Gasteiger partial charge in [0.2, 0.25) is 5.89 Å². The number of oxazole rings is 1. The molecule has 28 heavy (non-hydrogen) atoms. The molecule has 2 aromatic heterocycles. The van der Waals surface area contributed by atoms with Gasteiger partial charge in [-0.1, -0.05) is 29.8 Å². The summed E-state index contributed by atoms with van der Waals surface area (Å²) in [5.74, 6) is 1.11. The predicted octanol–water partition coefficient (Wildman–Crippen LogP) is 3.84. The van der Waals surface area contributed by atoms with E-state index in [1.54, 1.807) is 23.4 Å². The van der Waals surface area contributed by atoms with Crippen molar-refractivity contribution in [2.24, 2.45) is 0 Å². The Labute approximate surface area is 168 Å². The van der Waals surface area contributed by atoms with Crippen molar-refractivity contribution in [1.82, 2.24) is 14.9 Å². The maximum atomic E-state index is 12.7. The Morgan fingerprint density at radius 2 is 2.07 bits per heavy atom. The van der Waals surface area contributed by atoms with Gasteiger partial charge < -0.3 is 14.1 Å². The number of carbonyl (C=O) groups excluding carboxylic acids is 1. The number of rotatable bonds is 4. The summed E-state index contributed by atoms with van der Waals surface area (Å²) in [5.41, 5.74) is 2.42. The van der Waals surface area contributed by atoms with Crippen LogP contribution < -0.4 is 0 Å². The molecular formula is C21H20ClN3O3. The van der Waals surface area contributed by atoms with E-state index in [1.807, 2.05) is 37.3 Å². The summed E-state index contributed by atoms with van der Waals surface area (Å²) >= 11 is 6.22. The molecule has 3 aromatic rings. The summed E-state index contributed by atoms with van der Waals surface area (Å²) in [6, 6.07) is 11.3. The van der Waals surface area contributed by atoms with Crippen LogP contribution in [0.4, 0.5) is 0 Å². The lowest BCUT2D eigenvalue weighted by Crippen LogP contribution is -2.42.